The molecule has 0 aliphatic rings. The summed E-state index contributed by atoms with van der Waals surface area (Å²) in [5, 5.41) is 11.3. The van der Waals surface area contributed by atoms with Gasteiger partial charge in [-0.2, -0.15) is 0 Å². The van der Waals surface area contributed by atoms with Crippen LogP contribution in [0.25, 0.3) is 0 Å². The number of rotatable bonds is 7. The first kappa shape index (κ1) is 21.2. The van der Waals surface area contributed by atoms with Crippen molar-refractivity contribution in [3.05, 3.63) is 52.2 Å². The molecule has 2 aromatic rings. The number of hydrogen-bond donors (Lipinski definition) is 3. The van der Waals surface area contributed by atoms with E-state index in [4.69, 9.17) is 4.74 Å². The first-order chi connectivity index (χ1) is 11.7. The lowest BCUT2D eigenvalue weighted by Crippen LogP contribution is -2.41. The number of carbonyl (C=O) groups excluding carboxylic acids is 1. The number of guanidine groups is 1. The average molecular weight is 474 g/mol. The van der Waals surface area contributed by atoms with Gasteiger partial charge in [-0.1, -0.05) is 6.07 Å². The second kappa shape index (κ2) is 11.7. The van der Waals surface area contributed by atoms with Gasteiger partial charge >= 0.3 is 0 Å². The number of aliphatic imine (C=N–C) groups is 1. The lowest BCUT2D eigenvalue weighted by molar-refractivity contribution is 0.0954. The maximum absolute atomic E-state index is 12.0. The predicted molar refractivity (Wildman–Crippen MR) is 113 cm³/mol. The van der Waals surface area contributed by atoms with Gasteiger partial charge in [0.15, 0.2) is 5.96 Å². The van der Waals surface area contributed by atoms with E-state index in [-0.39, 0.29) is 29.9 Å². The molecule has 0 unspecified atom stereocenters. The molecule has 0 radical (unpaired) electrons. The van der Waals surface area contributed by atoms with Crippen molar-refractivity contribution in [3.63, 3.8) is 0 Å². The van der Waals surface area contributed by atoms with Gasteiger partial charge in [0.2, 0.25) is 0 Å². The van der Waals surface area contributed by atoms with Crippen molar-refractivity contribution in [2.24, 2.45) is 4.99 Å². The van der Waals surface area contributed by atoms with Gasteiger partial charge in [0.05, 0.1) is 13.7 Å². The molecule has 0 atom stereocenters. The molecule has 0 aliphatic carbocycles. The van der Waals surface area contributed by atoms with Gasteiger partial charge in [0.25, 0.3) is 5.91 Å². The van der Waals surface area contributed by atoms with Crippen LogP contribution in [0.2, 0.25) is 0 Å². The topological polar surface area (TPSA) is 74.8 Å². The van der Waals surface area contributed by atoms with Gasteiger partial charge in [-0.05, 0) is 35.7 Å². The third-order valence-corrected chi connectivity index (χ3v) is 4.17. The zero-order chi connectivity index (χ0) is 17.2. The van der Waals surface area contributed by atoms with E-state index in [2.05, 4.69) is 27.0 Å². The highest BCUT2D eigenvalue weighted by molar-refractivity contribution is 14.0. The molecule has 0 saturated carbocycles. The van der Waals surface area contributed by atoms with Crippen LogP contribution in [0.4, 0.5) is 0 Å². The maximum Gasteiger partial charge on any atom is 0.251 e. The minimum atomic E-state index is -0.110. The molecule has 0 spiro atoms. The molecule has 0 saturated heterocycles. The number of thiophene rings is 1. The van der Waals surface area contributed by atoms with Crippen LogP contribution in [0.3, 0.4) is 0 Å². The smallest absolute Gasteiger partial charge is 0.251 e. The number of halogens is 1. The van der Waals surface area contributed by atoms with Crippen LogP contribution in [-0.2, 0) is 6.54 Å². The first-order valence-corrected chi connectivity index (χ1v) is 8.50. The molecule has 0 fully saturated rings. The van der Waals surface area contributed by atoms with E-state index in [1.165, 1.54) is 4.88 Å². The van der Waals surface area contributed by atoms with Crippen LogP contribution >= 0.6 is 35.3 Å². The molecule has 6 nitrogen and oxygen atoms in total. The van der Waals surface area contributed by atoms with Crippen molar-refractivity contribution in [1.82, 2.24) is 16.0 Å². The molecule has 0 bridgehead atoms. The summed E-state index contributed by atoms with van der Waals surface area (Å²) in [5.74, 6) is 1.33. The number of amides is 1. The Hall–Kier alpha value is -1.81. The average Bonchev–Trinajstić information content (AvgIpc) is 3.14. The van der Waals surface area contributed by atoms with Gasteiger partial charge in [0, 0.05) is 30.6 Å². The number of nitrogens with one attached hydrogen (secondary N) is 3. The van der Waals surface area contributed by atoms with Gasteiger partial charge in [-0.3, -0.25) is 9.79 Å². The minimum Gasteiger partial charge on any atom is -0.497 e. The zero-order valence-electron chi connectivity index (χ0n) is 14.2. The monoisotopic (exact) mass is 474 g/mol. The van der Waals surface area contributed by atoms with E-state index in [1.807, 2.05) is 11.4 Å². The molecule has 1 heterocycles. The van der Waals surface area contributed by atoms with Crippen molar-refractivity contribution in [1.29, 1.82) is 0 Å². The highest BCUT2D eigenvalue weighted by Crippen LogP contribution is 2.10. The number of ether oxygens (including phenoxy) is 1. The molecule has 0 aliphatic heterocycles. The van der Waals surface area contributed by atoms with Gasteiger partial charge in [-0.15, -0.1) is 35.3 Å². The van der Waals surface area contributed by atoms with Gasteiger partial charge < -0.3 is 20.7 Å². The Morgan fingerprint density at radius 3 is 2.44 bits per heavy atom. The van der Waals surface area contributed by atoms with Crippen LogP contribution in [-0.4, -0.2) is 39.1 Å². The third-order valence-electron chi connectivity index (χ3n) is 3.29. The molecule has 3 N–H and O–H groups in total. The van der Waals surface area contributed by atoms with Crippen molar-refractivity contribution in [2.45, 2.75) is 6.54 Å². The number of hydrogen-bond acceptors (Lipinski definition) is 4. The second-order valence-electron chi connectivity index (χ2n) is 4.92. The fourth-order valence-corrected chi connectivity index (χ4v) is 2.65. The van der Waals surface area contributed by atoms with E-state index in [1.54, 1.807) is 49.8 Å². The number of carbonyl (C=O) groups is 1. The highest BCUT2D eigenvalue weighted by Gasteiger charge is 2.05. The van der Waals surface area contributed by atoms with Crippen molar-refractivity contribution in [3.8, 4) is 5.75 Å². The highest BCUT2D eigenvalue weighted by atomic mass is 127. The first-order valence-electron chi connectivity index (χ1n) is 7.62. The Bertz CT molecular complexity index is 660. The second-order valence-corrected chi connectivity index (χ2v) is 5.95. The molecule has 25 heavy (non-hydrogen) atoms. The Morgan fingerprint density at radius 1 is 1.12 bits per heavy atom. The Kier molecular flexibility index (Phi) is 9.93. The fourth-order valence-electron chi connectivity index (χ4n) is 2.01. The van der Waals surface area contributed by atoms with Gasteiger partial charge in [-0.25, -0.2) is 0 Å². The third kappa shape index (κ3) is 7.30. The van der Waals surface area contributed by atoms with Crippen molar-refractivity contribution >= 4 is 47.2 Å². The number of nitrogens with zero attached hydrogens (tertiary/aromatic N) is 1. The summed E-state index contributed by atoms with van der Waals surface area (Å²) in [6, 6.07) is 11.1. The Morgan fingerprint density at radius 2 is 1.84 bits per heavy atom. The maximum atomic E-state index is 12.0. The lowest BCUT2D eigenvalue weighted by Gasteiger charge is -2.12. The summed E-state index contributed by atoms with van der Waals surface area (Å²) < 4.78 is 5.07. The van der Waals surface area contributed by atoms with Gasteiger partial charge in [0.1, 0.15) is 5.75 Å². The molecule has 8 heteroatoms. The molecule has 1 aromatic carbocycles. The summed E-state index contributed by atoms with van der Waals surface area (Å²) in [6.07, 6.45) is 0. The number of methoxy groups -OCH3 is 1. The van der Waals surface area contributed by atoms with E-state index < -0.39 is 0 Å². The largest absolute Gasteiger partial charge is 0.497 e. The standard InChI is InChI=1S/C17H22N4O2S.HI/c1-18-17(21-12-15-4-3-11-24-15)20-10-9-19-16(22)13-5-7-14(23-2)8-6-13;/h3-8,11H,9-10,12H2,1-2H3,(H,19,22)(H2,18,20,21);1H. The van der Waals surface area contributed by atoms with Crippen LogP contribution < -0.4 is 20.7 Å². The lowest BCUT2D eigenvalue weighted by atomic mass is 10.2. The fraction of sp³-hybridized carbons (Fsp3) is 0.294. The molecule has 1 aromatic heterocycles. The molecule has 136 valence electrons. The minimum absolute atomic E-state index is 0. The summed E-state index contributed by atoms with van der Waals surface area (Å²) >= 11 is 1.70. The van der Waals surface area contributed by atoms with E-state index in [9.17, 15) is 4.79 Å². The molecule has 2 rings (SSSR count). The van der Waals surface area contributed by atoms with Crippen LogP contribution in [0.1, 0.15) is 15.2 Å². The van der Waals surface area contributed by atoms with E-state index >= 15 is 0 Å². The molecular weight excluding hydrogens is 451 g/mol. The SMILES string of the molecule is CN=C(NCCNC(=O)c1ccc(OC)cc1)NCc1cccs1.I. The van der Waals surface area contributed by atoms with Crippen molar-refractivity contribution < 1.29 is 9.53 Å². The summed E-state index contributed by atoms with van der Waals surface area (Å²) in [6.45, 7) is 1.83. The van der Waals surface area contributed by atoms with Crippen LogP contribution in [0.5, 0.6) is 5.75 Å². The van der Waals surface area contributed by atoms with Crippen molar-refractivity contribution in [2.75, 3.05) is 27.2 Å². The van der Waals surface area contributed by atoms with Crippen LogP contribution in [0.15, 0.2) is 46.8 Å². The summed E-state index contributed by atoms with van der Waals surface area (Å²) in [7, 11) is 3.32. The quantitative estimate of drug-likeness (QED) is 0.250. The van der Waals surface area contributed by atoms with E-state index in [0.29, 0.717) is 24.6 Å². The summed E-state index contributed by atoms with van der Waals surface area (Å²) in [5.41, 5.74) is 0.607. The summed E-state index contributed by atoms with van der Waals surface area (Å²) in [4.78, 5) is 17.4. The predicted octanol–water partition coefficient (Wildman–Crippen LogP) is 2.47. The zero-order valence-corrected chi connectivity index (χ0v) is 17.4. The molecule has 1 amide bonds. The molecular formula is C17H23IN4O2S. The number of benzene rings is 1. The Balaban J connectivity index is 0.00000312. The normalized spacial score (nSPS) is 10.6. The van der Waals surface area contributed by atoms with E-state index in [0.717, 1.165) is 12.3 Å². The van der Waals surface area contributed by atoms with Crippen LogP contribution in [0, 0.1) is 0 Å². The Labute approximate surface area is 169 Å².